The van der Waals surface area contributed by atoms with Crippen molar-refractivity contribution in [1.29, 1.82) is 0 Å². The second-order valence-corrected chi connectivity index (χ2v) is 7.93. The van der Waals surface area contributed by atoms with E-state index in [4.69, 9.17) is 4.42 Å². The summed E-state index contributed by atoms with van der Waals surface area (Å²) in [6, 6.07) is 8.83. The van der Waals surface area contributed by atoms with Gasteiger partial charge in [-0.05, 0) is 31.7 Å². The maximum atomic E-state index is 12.6. The summed E-state index contributed by atoms with van der Waals surface area (Å²) in [7, 11) is 3.88. The molecule has 2 atom stereocenters. The zero-order chi connectivity index (χ0) is 17.2. The molecule has 0 N–H and O–H groups in total. The van der Waals surface area contributed by atoms with Gasteiger partial charge in [0.2, 0.25) is 0 Å². The standard InChI is InChI=1S/C20H25N3O2.ClH/c1-21-11-8-20(22(2)19(21)24)9-12-23-10-7-15-14-5-3-4-6-17(14)25-18(15)16(23)13-20;/h3-6,16H,7-13H2,1-2H3;1H/p-1. The fourth-order valence-electron chi connectivity index (χ4n) is 5.15. The van der Waals surface area contributed by atoms with Crippen LogP contribution in [0.4, 0.5) is 4.79 Å². The molecule has 0 radical (unpaired) electrons. The van der Waals surface area contributed by atoms with Crippen LogP contribution < -0.4 is 12.4 Å². The Labute approximate surface area is 160 Å². The summed E-state index contributed by atoms with van der Waals surface area (Å²) in [5.41, 5.74) is 2.36. The topological polar surface area (TPSA) is 39.9 Å². The zero-order valence-corrected chi connectivity index (χ0v) is 16.1. The molecule has 2 fully saturated rings. The first-order valence-corrected chi connectivity index (χ1v) is 9.32. The molecule has 2 unspecified atom stereocenters. The van der Waals surface area contributed by atoms with E-state index in [9.17, 15) is 4.79 Å². The van der Waals surface area contributed by atoms with E-state index in [1.54, 1.807) is 0 Å². The van der Waals surface area contributed by atoms with Crippen molar-refractivity contribution in [1.82, 2.24) is 14.7 Å². The number of carbonyl (C=O) groups excluding carboxylic acids is 1. The van der Waals surface area contributed by atoms with Crippen LogP contribution in [0.25, 0.3) is 11.0 Å². The molecular weight excluding hydrogens is 350 g/mol. The van der Waals surface area contributed by atoms with Crippen molar-refractivity contribution in [3.05, 3.63) is 35.6 Å². The van der Waals surface area contributed by atoms with E-state index >= 15 is 0 Å². The van der Waals surface area contributed by atoms with E-state index in [0.717, 1.165) is 56.7 Å². The highest BCUT2D eigenvalue weighted by Gasteiger charge is 2.49. The lowest BCUT2D eigenvalue weighted by Crippen LogP contribution is -3.00. The fraction of sp³-hybridized carbons (Fsp3) is 0.550. The van der Waals surface area contributed by atoms with E-state index in [2.05, 4.69) is 23.1 Å². The van der Waals surface area contributed by atoms with Crippen LogP contribution in [0.2, 0.25) is 0 Å². The van der Waals surface area contributed by atoms with Crippen molar-refractivity contribution in [2.45, 2.75) is 37.3 Å². The molecule has 3 aliphatic rings. The molecule has 3 aliphatic heterocycles. The molecule has 6 heteroatoms. The number of benzene rings is 1. The number of furan rings is 1. The van der Waals surface area contributed by atoms with Gasteiger partial charge >= 0.3 is 6.03 Å². The van der Waals surface area contributed by atoms with Gasteiger partial charge in [-0.3, -0.25) is 4.90 Å². The van der Waals surface area contributed by atoms with Gasteiger partial charge in [-0.15, -0.1) is 0 Å². The quantitative estimate of drug-likeness (QED) is 0.664. The summed E-state index contributed by atoms with van der Waals surface area (Å²) in [5, 5.41) is 1.27. The minimum absolute atomic E-state index is 0. The van der Waals surface area contributed by atoms with E-state index in [-0.39, 0.29) is 24.0 Å². The van der Waals surface area contributed by atoms with Crippen LogP contribution in [0.1, 0.15) is 36.6 Å². The summed E-state index contributed by atoms with van der Waals surface area (Å²) in [6.45, 7) is 2.99. The Bertz CT molecular complexity index is 851. The highest BCUT2D eigenvalue weighted by Crippen LogP contribution is 2.47. The Morgan fingerprint density at radius 1 is 1.12 bits per heavy atom. The van der Waals surface area contributed by atoms with Crippen LogP contribution in [-0.4, -0.2) is 60.0 Å². The number of hydrogen-bond acceptors (Lipinski definition) is 3. The molecule has 5 rings (SSSR count). The molecule has 1 aromatic carbocycles. The molecule has 2 saturated heterocycles. The van der Waals surface area contributed by atoms with Crippen molar-refractivity contribution in [3.63, 3.8) is 0 Å². The summed E-state index contributed by atoms with van der Waals surface area (Å²) >= 11 is 0. The minimum atomic E-state index is -0.0294. The highest BCUT2D eigenvalue weighted by molar-refractivity contribution is 5.82. The summed E-state index contributed by atoms with van der Waals surface area (Å²) in [5.74, 6) is 1.14. The number of piperidine rings is 1. The molecule has 1 aromatic heterocycles. The number of rotatable bonds is 0. The third-order valence-corrected chi connectivity index (χ3v) is 6.80. The monoisotopic (exact) mass is 374 g/mol. The first-order valence-electron chi connectivity index (χ1n) is 9.32. The Balaban J connectivity index is 0.00000168. The molecule has 0 bridgehead atoms. The number of hydrogen-bond donors (Lipinski definition) is 0. The van der Waals surface area contributed by atoms with Gasteiger partial charge in [0.05, 0.1) is 6.04 Å². The SMILES string of the molecule is CN1CCC2(CCN3CCc4c(oc5ccccc45)C3C2)N(C)C1=O.[Cl-]. The van der Waals surface area contributed by atoms with Gasteiger partial charge in [-0.2, -0.15) is 0 Å². The summed E-state index contributed by atoms with van der Waals surface area (Å²) in [4.78, 5) is 19.0. The highest BCUT2D eigenvalue weighted by atomic mass is 35.5. The van der Waals surface area contributed by atoms with Crippen LogP contribution >= 0.6 is 0 Å². The van der Waals surface area contributed by atoms with E-state index in [1.807, 2.05) is 30.0 Å². The minimum Gasteiger partial charge on any atom is -1.00 e. The second-order valence-electron chi connectivity index (χ2n) is 7.93. The molecule has 140 valence electrons. The smallest absolute Gasteiger partial charge is 0.319 e. The first-order chi connectivity index (χ1) is 12.1. The second kappa shape index (κ2) is 6.17. The average Bonchev–Trinajstić information content (AvgIpc) is 3.03. The van der Waals surface area contributed by atoms with E-state index in [0.29, 0.717) is 6.04 Å². The number of nitrogens with zero attached hydrogens (tertiary/aromatic N) is 3. The average molecular weight is 375 g/mol. The maximum Gasteiger partial charge on any atom is 0.319 e. The number of urea groups is 1. The number of carbonyl (C=O) groups is 1. The summed E-state index contributed by atoms with van der Waals surface area (Å²) < 4.78 is 6.32. The largest absolute Gasteiger partial charge is 1.00 e. The number of para-hydroxylation sites is 1. The number of halogens is 1. The first kappa shape index (κ1) is 17.7. The lowest BCUT2D eigenvalue weighted by molar-refractivity contribution is -0.0185. The number of amides is 2. The molecular formula is C20H25ClN3O2-. The molecule has 0 saturated carbocycles. The van der Waals surface area contributed by atoms with Crippen LogP contribution in [0.15, 0.2) is 28.7 Å². The van der Waals surface area contributed by atoms with Crippen molar-refractivity contribution < 1.29 is 21.6 Å². The Kier molecular flexibility index (Phi) is 4.20. The molecule has 26 heavy (non-hydrogen) atoms. The lowest BCUT2D eigenvalue weighted by atomic mass is 9.76. The van der Waals surface area contributed by atoms with Crippen LogP contribution in [-0.2, 0) is 6.42 Å². The van der Waals surface area contributed by atoms with Gasteiger partial charge in [-0.1, -0.05) is 18.2 Å². The Hall–Kier alpha value is -1.72. The molecule has 2 amide bonds. The van der Waals surface area contributed by atoms with Gasteiger partial charge in [-0.25, -0.2) is 4.79 Å². The molecule has 4 heterocycles. The zero-order valence-electron chi connectivity index (χ0n) is 15.4. The van der Waals surface area contributed by atoms with Crippen molar-refractivity contribution in [2.24, 2.45) is 0 Å². The van der Waals surface area contributed by atoms with Crippen molar-refractivity contribution in [3.8, 4) is 0 Å². The van der Waals surface area contributed by atoms with Gasteiger partial charge < -0.3 is 26.6 Å². The molecule has 5 nitrogen and oxygen atoms in total. The predicted octanol–water partition coefficient (Wildman–Crippen LogP) is 0.256. The van der Waals surface area contributed by atoms with Crippen molar-refractivity contribution >= 4 is 17.0 Å². The van der Waals surface area contributed by atoms with Crippen LogP contribution in [0.5, 0.6) is 0 Å². The van der Waals surface area contributed by atoms with Gasteiger partial charge in [0, 0.05) is 50.2 Å². The Morgan fingerprint density at radius 2 is 1.88 bits per heavy atom. The van der Waals surface area contributed by atoms with Gasteiger partial charge in [0.1, 0.15) is 11.3 Å². The van der Waals surface area contributed by atoms with Gasteiger partial charge in [0.25, 0.3) is 0 Å². The van der Waals surface area contributed by atoms with Crippen molar-refractivity contribution in [2.75, 3.05) is 33.7 Å². The Morgan fingerprint density at radius 3 is 2.73 bits per heavy atom. The van der Waals surface area contributed by atoms with Crippen LogP contribution in [0, 0.1) is 0 Å². The molecule has 0 aliphatic carbocycles. The normalized spacial score (nSPS) is 28.8. The van der Waals surface area contributed by atoms with E-state index in [1.165, 1.54) is 10.9 Å². The summed E-state index contributed by atoms with van der Waals surface area (Å²) in [6.07, 6.45) is 4.16. The maximum absolute atomic E-state index is 12.6. The van der Waals surface area contributed by atoms with E-state index < -0.39 is 0 Å². The third kappa shape index (κ3) is 2.37. The fourth-order valence-corrected chi connectivity index (χ4v) is 5.15. The van der Waals surface area contributed by atoms with Gasteiger partial charge in [0.15, 0.2) is 0 Å². The predicted molar refractivity (Wildman–Crippen MR) is 96.6 cm³/mol. The molecule has 1 spiro atoms. The number of fused-ring (bicyclic) bond motifs is 5. The van der Waals surface area contributed by atoms with Crippen LogP contribution in [0.3, 0.4) is 0 Å². The third-order valence-electron chi connectivity index (χ3n) is 6.80. The lowest BCUT2D eigenvalue weighted by Gasteiger charge is -2.54. The molecule has 2 aromatic rings.